The molecular formula is C21H21ClN2O2. The number of imide groups is 1. The molecule has 4 nitrogen and oxygen atoms in total. The molecule has 1 aliphatic heterocycles. The van der Waals surface area contributed by atoms with Crippen molar-refractivity contribution < 1.29 is 9.59 Å². The van der Waals surface area contributed by atoms with Crippen molar-refractivity contribution in [3.8, 4) is 0 Å². The van der Waals surface area contributed by atoms with E-state index < -0.39 is 0 Å². The lowest BCUT2D eigenvalue weighted by molar-refractivity contribution is -0.136. The molecule has 2 aromatic rings. The number of rotatable bonds is 5. The SMILES string of the molecule is CCCN1C(=O)C(Nc2cccc(Cl)c2C)=C(c2ccc(C)cc2)C1=O. The van der Waals surface area contributed by atoms with E-state index in [1.165, 1.54) is 4.90 Å². The van der Waals surface area contributed by atoms with E-state index in [1.54, 1.807) is 6.07 Å². The maximum Gasteiger partial charge on any atom is 0.278 e. The minimum absolute atomic E-state index is 0.261. The van der Waals surface area contributed by atoms with Gasteiger partial charge in [-0.05, 0) is 43.5 Å². The van der Waals surface area contributed by atoms with Gasteiger partial charge in [0.1, 0.15) is 5.70 Å². The highest BCUT2D eigenvalue weighted by Gasteiger charge is 2.38. The molecule has 0 aliphatic carbocycles. The fraction of sp³-hybridized carbons (Fsp3) is 0.238. The van der Waals surface area contributed by atoms with Crippen molar-refractivity contribution in [1.82, 2.24) is 4.90 Å². The fourth-order valence-electron chi connectivity index (χ4n) is 2.98. The zero-order chi connectivity index (χ0) is 18.8. The van der Waals surface area contributed by atoms with Crippen LogP contribution in [0.1, 0.15) is 30.0 Å². The molecule has 134 valence electrons. The summed E-state index contributed by atoms with van der Waals surface area (Å²) in [4.78, 5) is 27.1. The second-order valence-corrected chi connectivity index (χ2v) is 6.82. The number of benzene rings is 2. The molecule has 0 radical (unpaired) electrons. The van der Waals surface area contributed by atoms with E-state index in [0.717, 1.165) is 22.4 Å². The molecule has 0 saturated heterocycles. The predicted molar refractivity (Wildman–Crippen MR) is 105 cm³/mol. The zero-order valence-corrected chi connectivity index (χ0v) is 15.9. The number of aryl methyl sites for hydroxylation is 1. The molecule has 2 amide bonds. The summed E-state index contributed by atoms with van der Waals surface area (Å²) in [5.74, 6) is -0.560. The number of hydrogen-bond acceptors (Lipinski definition) is 3. The maximum atomic E-state index is 12.9. The van der Waals surface area contributed by atoms with Crippen molar-refractivity contribution >= 4 is 34.7 Å². The molecule has 5 heteroatoms. The average molecular weight is 369 g/mol. The number of amides is 2. The Morgan fingerprint density at radius 2 is 1.69 bits per heavy atom. The molecule has 0 aromatic heterocycles. The van der Waals surface area contributed by atoms with E-state index in [1.807, 2.05) is 57.2 Å². The van der Waals surface area contributed by atoms with Crippen molar-refractivity contribution in [2.45, 2.75) is 27.2 Å². The van der Waals surface area contributed by atoms with Crippen molar-refractivity contribution in [2.75, 3.05) is 11.9 Å². The molecular weight excluding hydrogens is 348 g/mol. The Morgan fingerprint density at radius 3 is 2.35 bits per heavy atom. The van der Waals surface area contributed by atoms with Crippen molar-refractivity contribution in [1.29, 1.82) is 0 Å². The highest BCUT2D eigenvalue weighted by atomic mass is 35.5. The highest BCUT2D eigenvalue weighted by Crippen LogP contribution is 2.32. The van der Waals surface area contributed by atoms with Crippen molar-refractivity contribution in [3.63, 3.8) is 0 Å². The van der Waals surface area contributed by atoms with E-state index in [0.29, 0.717) is 29.3 Å². The number of nitrogens with zero attached hydrogens (tertiary/aromatic N) is 1. The second-order valence-electron chi connectivity index (χ2n) is 6.42. The minimum atomic E-state index is -0.299. The molecule has 1 N–H and O–H groups in total. The normalized spacial score (nSPS) is 14.4. The Labute approximate surface area is 158 Å². The lowest BCUT2D eigenvalue weighted by atomic mass is 10.0. The summed E-state index contributed by atoms with van der Waals surface area (Å²) < 4.78 is 0. The molecule has 0 fully saturated rings. The monoisotopic (exact) mass is 368 g/mol. The first-order valence-electron chi connectivity index (χ1n) is 8.63. The van der Waals surface area contributed by atoms with Gasteiger partial charge in [0.15, 0.2) is 0 Å². The van der Waals surface area contributed by atoms with E-state index in [4.69, 9.17) is 11.6 Å². The van der Waals surface area contributed by atoms with Crippen LogP contribution in [0.3, 0.4) is 0 Å². The molecule has 0 unspecified atom stereocenters. The van der Waals surface area contributed by atoms with Gasteiger partial charge >= 0.3 is 0 Å². The van der Waals surface area contributed by atoms with E-state index in [9.17, 15) is 9.59 Å². The largest absolute Gasteiger partial charge is 0.350 e. The van der Waals surface area contributed by atoms with Gasteiger partial charge in [-0.2, -0.15) is 0 Å². The third-order valence-electron chi connectivity index (χ3n) is 4.48. The number of nitrogens with one attached hydrogen (secondary N) is 1. The Morgan fingerprint density at radius 1 is 1.00 bits per heavy atom. The van der Waals surface area contributed by atoms with Gasteiger partial charge in [-0.15, -0.1) is 0 Å². The predicted octanol–water partition coefficient (Wildman–Crippen LogP) is 4.56. The molecule has 3 rings (SSSR count). The van der Waals surface area contributed by atoms with E-state index >= 15 is 0 Å². The highest BCUT2D eigenvalue weighted by molar-refractivity contribution is 6.36. The van der Waals surface area contributed by atoms with Gasteiger partial charge in [-0.1, -0.05) is 54.4 Å². The van der Waals surface area contributed by atoms with Crippen LogP contribution < -0.4 is 5.32 Å². The van der Waals surface area contributed by atoms with Crippen molar-refractivity contribution in [3.05, 3.63) is 69.9 Å². The van der Waals surface area contributed by atoms with Crippen molar-refractivity contribution in [2.24, 2.45) is 0 Å². The van der Waals surface area contributed by atoms with Gasteiger partial charge in [0, 0.05) is 17.3 Å². The van der Waals surface area contributed by atoms with Crippen LogP contribution in [0, 0.1) is 13.8 Å². The Kier molecular flexibility index (Phi) is 5.14. The first kappa shape index (κ1) is 18.2. The molecule has 1 aliphatic rings. The van der Waals surface area contributed by atoms with E-state index in [2.05, 4.69) is 5.32 Å². The lowest BCUT2D eigenvalue weighted by Crippen LogP contribution is -2.33. The smallest absolute Gasteiger partial charge is 0.278 e. The molecule has 26 heavy (non-hydrogen) atoms. The van der Waals surface area contributed by atoms with Gasteiger partial charge in [0.05, 0.1) is 5.57 Å². The van der Waals surface area contributed by atoms with Crippen LogP contribution in [0.4, 0.5) is 5.69 Å². The van der Waals surface area contributed by atoms with Crippen LogP contribution in [0.25, 0.3) is 5.57 Å². The second kappa shape index (κ2) is 7.34. The molecule has 0 bridgehead atoms. The zero-order valence-electron chi connectivity index (χ0n) is 15.1. The number of carbonyl (C=O) groups excluding carboxylic acids is 2. The summed E-state index contributed by atoms with van der Waals surface area (Å²) in [6.45, 7) is 6.20. The maximum absolute atomic E-state index is 12.9. The summed E-state index contributed by atoms with van der Waals surface area (Å²) in [6, 6.07) is 13.1. The summed E-state index contributed by atoms with van der Waals surface area (Å²) in [7, 11) is 0. The van der Waals surface area contributed by atoms with Gasteiger partial charge in [-0.25, -0.2) is 0 Å². The third kappa shape index (κ3) is 3.25. The fourth-order valence-corrected chi connectivity index (χ4v) is 3.16. The van der Waals surface area contributed by atoms with Crippen LogP contribution in [0.15, 0.2) is 48.2 Å². The molecule has 0 atom stereocenters. The summed E-state index contributed by atoms with van der Waals surface area (Å²) in [5, 5.41) is 3.77. The average Bonchev–Trinajstić information content (AvgIpc) is 2.85. The van der Waals surface area contributed by atoms with Crippen LogP contribution in [-0.4, -0.2) is 23.3 Å². The van der Waals surface area contributed by atoms with Gasteiger partial charge in [0.2, 0.25) is 0 Å². The number of hydrogen-bond donors (Lipinski definition) is 1. The van der Waals surface area contributed by atoms with Crippen LogP contribution >= 0.6 is 11.6 Å². The standard InChI is InChI=1S/C21H21ClN2O2/c1-4-12-24-20(25)18(15-10-8-13(2)9-11-15)19(21(24)26)23-17-7-5-6-16(22)14(17)3/h5-11,23H,4,12H2,1-3H3. The Bertz CT molecular complexity index is 901. The molecule has 0 saturated carbocycles. The topological polar surface area (TPSA) is 49.4 Å². The minimum Gasteiger partial charge on any atom is -0.350 e. The van der Waals surface area contributed by atoms with E-state index in [-0.39, 0.29) is 11.8 Å². The Balaban J connectivity index is 2.10. The molecule has 2 aromatic carbocycles. The van der Waals surface area contributed by atoms with Crippen LogP contribution in [0.2, 0.25) is 5.02 Å². The van der Waals surface area contributed by atoms with Crippen LogP contribution in [-0.2, 0) is 9.59 Å². The first-order valence-corrected chi connectivity index (χ1v) is 9.01. The summed E-state index contributed by atoms with van der Waals surface area (Å²) in [6.07, 6.45) is 0.710. The quantitative estimate of drug-likeness (QED) is 0.787. The summed E-state index contributed by atoms with van der Waals surface area (Å²) in [5.41, 5.74) is 4.09. The third-order valence-corrected chi connectivity index (χ3v) is 4.89. The van der Waals surface area contributed by atoms with Gasteiger partial charge in [-0.3, -0.25) is 14.5 Å². The number of carbonyl (C=O) groups is 2. The van der Waals surface area contributed by atoms with Crippen LogP contribution in [0.5, 0.6) is 0 Å². The van der Waals surface area contributed by atoms with Gasteiger partial charge < -0.3 is 5.32 Å². The first-order chi connectivity index (χ1) is 12.4. The number of halogens is 1. The lowest BCUT2D eigenvalue weighted by Gasteiger charge is -2.14. The van der Waals surface area contributed by atoms with Gasteiger partial charge in [0.25, 0.3) is 11.8 Å². The molecule has 1 heterocycles. The summed E-state index contributed by atoms with van der Waals surface area (Å²) >= 11 is 6.20. The Hall–Kier alpha value is -2.59. The number of anilines is 1. The molecule has 0 spiro atoms.